The molecule has 0 spiro atoms. The van der Waals surface area contributed by atoms with Crippen molar-refractivity contribution in [2.75, 3.05) is 13.1 Å². The van der Waals surface area contributed by atoms with E-state index < -0.39 is 0 Å². The topological polar surface area (TPSA) is 46.5 Å². The first-order valence-corrected chi connectivity index (χ1v) is 8.15. The van der Waals surface area contributed by atoms with Gasteiger partial charge >= 0.3 is 0 Å². The number of hydrogen-bond donors (Lipinski definition) is 1. The quantitative estimate of drug-likeness (QED) is 0.681. The molecule has 0 amide bonds. The van der Waals surface area contributed by atoms with Gasteiger partial charge in [0.15, 0.2) is 0 Å². The number of piperidine rings is 1. The van der Waals surface area contributed by atoms with Gasteiger partial charge in [0, 0.05) is 11.3 Å². The molecule has 5 heteroatoms. The highest BCUT2D eigenvalue weighted by Crippen LogP contribution is 2.27. The van der Waals surface area contributed by atoms with E-state index in [0.29, 0.717) is 12.5 Å². The second-order valence-electron chi connectivity index (χ2n) is 5.13. The van der Waals surface area contributed by atoms with Crippen molar-refractivity contribution in [3.8, 4) is 0 Å². The summed E-state index contributed by atoms with van der Waals surface area (Å²) in [6.45, 7) is 2.67. The van der Waals surface area contributed by atoms with Crippen LogP contribution in [-0.4, -0.2) is 24.3 Å². The molecule has 1 N–H and O–H groups in total. The van der Waals surface area contributed by atoms with Gasteiger partial charge in [0.25, 0.3) is 0 Å². The molecule has 0 saturated carbocycles. The van der Waals surface area contributed by atoms with Gasteiger partial charge in [0.05, 0.1) is 16.9 Å². The first-order valence-electron chi connectivity index (χ1n) is 7.27. The van der Waals surface area contributed by atoms with E-state index >= 15 is 0 Å². The van der Waals surface area contributed by atoms with Crippen LogP contribution < -0.4 is 5.32 Å². The summed E-state index contributed by atoms with van der Waals surface area (Å²) in [5.41, 5.74) is 2.00. The largest absolute Gasteiger partial charge is 0.391 e. The lowest BCUT2D eigenvalue weighted by Crippen LogP contribution is -2.26. The maximum atomic E-state index is 5.30. The Morgan fingerprint density at radius 3 is 2.90 bits per heavy atom. The van der Waals surface area contributed by atoms with Gasteiger partial charge in [-0.15, -0.1) is 11.3 Å². The van der Waals surface area contributed by atoms with Gasteiger partial charge < -0.3 is 10.2 Å². The van der Waals surface area contributed by atoms with E-state index in [2.05, 4.69) is 15.5 Å². The molecule has 21 heavy (non-hydrogen) atoms. The van der Waals surface area contributed by atoms with E-state index in [1.165, 1.54) is 17.8 Å². The third kappa shape index (κ3) is 4.12. The minimum Gasteiger partial charge on any atom is -0.391 e. The molecule has 0 unspecified atom stereocenters. The molecule has 1 saturated heterocycles. The predicted octanol–water partition coefficient (Wildman–Crippen LogP) is 3.16. The number of hydrogen-bond acceptors (Lipinski definition) is 5. The average molecular weight is 301 g/mol. The highest BCUT2D eigenvalue weighted by atomic mass is 32.1. The van der Waals surface area contributed by atoms with Crippen LogP contribution in [0.25, 0.3) is 0 Å². The molecule has 1 aromatic heterocycles. The second kappa shape index (κ2) is 7.33. The van der Waals surface area contributed by atoms with Crippen molar-refractivity contribution in [3.63, 3.8) is 0 Å². The second-order valence-corrected chi connectivity index (χ2v) is 6.02. The van der Waals surface area contributed by atoms with Crippen LogP contribution >= 0.6 is 11.3 Å². The highest BCUT2D eigenvalue weighted by molar-refractivity contribution is 7.09. The minimum atomic E-state index is 0.489. The summed E-state index contributed by atoms with van der Waals surface area (Å²) in [6, 6.07) is 10.0. The molecule has 0 atom stereocenters. The summed E-state index contributed by atoms with van der Waals surface area (Å²) in [4.78, 5) is 9.94. The Balaban J connectivity index is 1.51. The summed E-state index contributed by atoms with van der Waals surface area (Å²) in [5.74, 6) is 0.601. The minimum absolute atomic E-state index is 0.489. The molecule has 0 radical (unpaired) electrons. The molecule has 1 aromatic carbocycles. The standard InChI is InChI=1S/C16H19N3OS/c1-2-4-13(5-3-1)11-20-18-10-15-12-21-16(19-15)14-6-8-17-9-7-14/h1-5,10,12,14,17H,6-9,11H2. The summed E-state index contributed by atoms with van der Waals surface area (Å²) in [6.07, 6.45) is 4.05. The Morgan fingerprint density at radius 2 is 2.10 bits per heavy atom. The lowest BCUT2D eigenvalue weighted by atomic mass is 9.99. The van der Waals surface area contributed by atoms with E-state index in [0.717, 1.165) is 24.3 Å². The third-order valence-corrected chi connectivity index (χ3v) is 4.59. The SMILES string of the molecule is C(=NOCc1ccccc1)c1csc(C2CCNCC2)n1. The smallest absolute Gasteiger partial charge is 0.142 e. The third-order valence-electron chi connectivity index (χ3n) is 3.56. The van der Waals surface area contributed by atoms with Crippen LogP contribution in [0.1, 0.15) is 35.0 Å². The normalized spacial score (nSPS) is 16.4. The highest BCUT2D eigenvalue weighted by Gasteiger charge is 2.17. The Morgan fingerprint density at radius 1 is 1.29 bits per heavy atom. The van der Waals surface area contributed by atoms with Crippen molar-refractivity contribution in [2.24, 2.45) is 5.16 Å². The monoisotopic (exact) mass is 301 g/mol. The molecule has 110 valence electrons. The number of benzene rings is 1. The predicted molar refractivity (Wildman–Crippen MR) is 85.8 cm³/mol. The number of aromatic nitrogens is 1. The fourth-order valence-electron chi connectivity index (χ4n) is 2.39. The van der Waals surface area contributed by atoms with Gasteiger partial charge in [-0.2, -0.15) is 0 Å². The number of nitrogens with zero attached hydrogens (tertiary/aromatic N) is 2. The summed E-state index contributed by atoms with van der Waals surface area (Å²) in [5, 5.41) is 10.7. The van der Waals surface area contributed by atoms with Crippen LogP contribution in [0.15, 0.2) is 40.9 Å². The Labute approximate surface area is 128 Å². The van der Waals surface area contributed by atoms with Crippen molar-refractivity contribution >= 4 is 17.6 Å². The first kappa shape index (κ1) is 14.2. The van der Waals surface area contributed by atoms with Gasteiger partial charge in [0.1, 0.15) is 6.61 Å². The van der Waals surface area contributed by atoms with Crippen molar-refractivity contribution in [3.05, 3.63) is 52.0 Å². The van der Waals surface area contributed by atoms with E-state index in [-0.39, 0.29) is 0 Å². The number of nitrogens with one attached hydrogen (secondary N) is 1. The van der Waals surface area contributed by atoms with Crippen molar-refractivity contribution < 1.29 is 4.84 Å². The van der Waals surface area contributed by atoms with Gasteiger partial charge in [-0.05, 0) is 31.5 Å². The van der Waals surface area contributed by atoms with Gasteiger partial charge in [-0.1, -0.05) is 35.5 Å². The number of oxime groups is 1. The van der Waals surface area contributed by atoms with Gasteiger partial charge in [0.2, 0.25) is 0 Å². The molecular formula is C16H19N3OS. The maximum absolute atomic E-state index is 5.30. The molecule has 3 rings (SSSR count). The van der Waals surface area contributed by atoms with E-state index in [1.54, 1.807) is 17.6 Å². The molecule has 1 fully saturated rings. The lowest BCUT2D eigenvalue weighted by Gasteiger charge is -2.20. The van der Waals surface area contributed by atoms with E-state index in [9.17, 15) is 0 Å². The zero-order chi connectivity index (χ0) is 14.3. The van der Waals surface area contributed by atoms with Crippen LogP contribution in [-0.2, 0) is 11.4 Å². The van der Waals surface area contributed by atoms with Crippen molar-refractivity contribution in [2.45, 2.75) is 25.4 Å². The van der Waals surface area contributed by atoms with Crippen LogP contribution in [0.4, 0.5) is 0 Å². The Bertz CT molecular complexity index is 576. The fourth-order valence-corrected chi connectivity index (χ4v) is 3.34. The molecule has 0 aliphatic carbocycles. The molecule has 2 aromatic rings. The number of rotatable bonds is 5. The molecule has 2 heterocycles. The zero-order valence-corrected chi connectivity index (χ0v) is 12.7. The van der Waals surface area contributed by atoms with Crippen molar-refractivity contribution in [1.29, 1.82) is 0 Å². The maximum Gasteiger partial charge on any atom is 0.142 e. The Kier molecular flexibility index (Phi) is 4.97. The van der Waals surface area contributed by atoms with Gasteiger partial charge in [-0.25, -0.2) is 4.98 Å². The van der Waals surface area contributed by atoms with Gasteiger partial charge in [-0.3, -0.25) is 0 Å². The molecule has 4 nitrogen and oxygen atoms in total. The summed E-state index contributed by atoms with van der Waals surface area (Å²) >= 11 is 1.72. The zero-order valence-electron chi connectivity index (χ0n) is 11.9. The fraction of sp³-hybridized carbons (Fsp3) is 0.375. The molecular weight excluding hydrogens is 282 g/mol. The van der Waals surface area contributed by atoms with E-state index in [4.69, 9.17) is 4.84 Å². The van der Waals surface area contributed by atoms with Crippen LogP contribution in [0.3, 0.4) is 0 Å². The van der Waals surface area contributed by atoms with Crippen LogP contribution in [0.5, 0.6) is 0 Å². The summed E-state index contributed by atoms with van der Waals surface area (Å²) in [7, 11) is 0. The molecule has 1 aliphatic heterocycles. The molecule has 0 bridgehead atoms. The van der Waals surface area contributed by atoms with Crippen LogP contribution in [0, 0.1) is 0 Å². The average Bonchev–Trinajstić information content (AvgIpc) is 3.02. The number of thiazole rings is 1. The van der Waals surface area contributed by atoms with E-state index in [1.807, 2.05) is 35.7 Å². The van der Waals surface area contributed by atoms with Crippen LogP contribution in [0.2, 0.25) is 0 Å². The first-order chi connectivity index (χ1) is 10.4. The lowest BCUT2D eigenvalue weighted by molar-refractivity contribution is 0.132. The van der Waals surface area contributed by atoms with Crippen molar-refractivity contribution in [1.82, 2.24) is 10.3 Å². The Hall–Kier alpha value is -1.72. The molecule has 1 aliphatic rings. The summed E-state index contributed by atoms with van der Waals surface area (Å²) < 4.78 is 0.